The van der Waals surface area contributed by atoms with Gasteiger partial charge >= 0.3 is 5.97 Å². The second-order valence-corrected chi connectivity index (χ2v) is 9.10. The van der Waals surface area contributed by atoms with E-state index in [2.05, 4.69) is 4.74 Å². The van der Waals surface area contributed by atoms with E-state index in [0.717, 1.165) is 12.8 Å². The Kier molecular flexibility index (Phi) is 9.00. The molecule has 1 fully saturated rings. The quantitative estimate of drug-likeness (QED) is 0.151. The fraction of sp³-hybridized carbons (Fsp3) is 0.500. The third kappa shape index (κ3) is 5.22. The highest BCUT2D eigenvalue weighted by molar-refractivity contribution is 5.76. The first kappa shape index (κ1) is 27.9. The monoisotopic (exact) mass is 522 g/mol. The lowest BCUT2D eigenvalue weighted by Crippen LogP contribution is -2.26. The molecule has 10 heteroatoms. The van der Waals surface area contributed by atoms with Gasteiger partial charge in [0, 0.05) is 5.56 Å². The van der Waals surface area contributed by atoms with Crippen molar-refractivity contribution in [3.63, 3.8) is 0 Å². The highest BCUT2D eigenvalue weighted by Crippen LogP contribution is 2.41. The number of hydrogen-bond acceptors (Lipinski definition) is 2. The van der Waals surface area contributed by atoms with Crippen molar-refractivity contribution in [2.45, 2.75) is 71.6 Å². The minimum atomic E-state index is -2.36. The number of carbonyl (C=O) groups excluding carboxylic acids is 1. The summed E-state index contributed by atoms with van der Waals surface area (Å²) in [5.74, 6) is -20.7. The van der Waals surface area contributed by atoms with Crippen LogP contribution < -0.4 is 4.74 Å². The summed E-state index contributed by atoms with van der Waals surface area (Å²) >= 11 is 0. The molecular formula is C26H26F8O2. The molecule has 0 aromatic heterocycles. The Bertz CT molecular complexity index is 1080. The third-order valence-electron chi connectivity index (χ3n) is 6.69. The van der Waals surface area contributed by atoms with Gasteiger partial charge in [0.05, 0.1) is 17.0 Å². The van der Waals surface area contributed by atoms with Crippen molar-refractivity contribution in [3.8, 4) is 16.9 Å². The number of benzene rings is 2. The molecule has 0 N–H and O–H groups in total. The van der Waals surface area contributed by atoms with Crippen molar-refractivity contribution in [3.05, 3.63) is 52.1 Å². The van der Waals surface area contributed by atoms with Crippen molar-refractivity contribution >= 4 is 5.97 Å². The lowest BCUT2D eigenvalue weighted by Gasteiger charge is -2.27. The Morgan fingerprint density at radius 3 is 1.61 bits per heavy atom. The Hall–Kier alpha value is -2.65. The summed E-state index contributed by atoms with van der Waals surface area (Å²) in [5.41, 5.74) is -4.92. The summed E-state index contributed by atoms with van der Waals surface area (Å²) in [6.07, 6.45) is 4.13. The number of unbranched alkanes of at least 4 members (excludes halogenated alkanes) is 1. The fourth-order valence-electron chi connectivity index (χ4n) is 4.67. The van der Waals surface area contributed by atoms with Crippen LogP contribution in [0, 0.1) is 58.4 Å². The normalized spacial score (nSPS) is 17.9. The van der Waals surface area contributed by atoms with E-state index < -0.39 is 87.3 Å². The molecule has 2 aromatic rings. The fourth-order valence-corrected chi connectivity index (χ4v) is 4.67. The predicted octanol–water partition coefficient (Wildman–Crippen LogP) is 8.32. The minimum absolute atomic E-state index is 0.151. The molecule has 0 amide bonds. The Labute approximate surface area is 203 Å². The number of esters is 1. The van der Waals surface area contributed by atoms with E-state index in [9.17, 15) is 39.9 Å². The van der Waals surface area contributed by atoms with E-state index in [1.165, 1.54) is 0 Å². The summed E-state index contributed by atoms with van der Waals surface area (Å²) in [6.45, 7) is 3.67. The van der Waals surface area contributed by atoms with Crippen molar-refractivity contribution in [2.24, 2.45) is 11.8 Å². The second-order valence-electron chi connectivity index (χ2n) is 9.10. The van der Waals surface area contributed by atoms with Gasteiger partial charge < -0.3 is 4.74 Å². The van der Waals surface area contributed by atoms with Gasteiger partial charge in [0.1, 0.15) is 0 Å². The standard InChI is InChI=1S/C26H26F8O2/c1-3-5-7-14-17(27)19(29)15(20(30)18(14)28)16-21(31)23(33)25(24(34)22(16)32)36-26(35)13-10-8-12(6-4-2)9-11-13/h12-13H,3-11H2,1-2H3. The first-order valence-corrected chi connectivity index (χ1v) is 12.0. The molecule has 1 aliphatic rings. The van der Waals surface area contributed by atoms with E-state index in [0.29, 0.717) is 38.0 Å². The average molecular weight is 522 g/mol. The van der Waals surface area contributed by atoms with Crippen LogP contribution in [0.3, 0.4) is 0 Å². The Morgan fingerprint density at radius 2 is 1.17 bits per heavy atom. The molecule has 0 unspecified atom stereocenters. The van der Waals surface area contributed by atoms with Crippen molar-refractivity contribution in [1.29, 1.82) is 0 Å². The maximum absolute atomic E-state index is 14.8. The molecular weight excluding hydrogens is 496 g/mol. The molecule has 36 heavy (non-hydrogen) atoms. The van der Waals surface area contributed by atoms with Crippen molar-refractivity contribution < 1.29 is 44.7 Å². The molecule has 3 rings (SSSR count). The van der Waals surface area contributed by atoms with Crippen molar-refractivity contribution in [1.82, 2.24) is 0 Å². The molecule has 1 saturated carbocycles. The van der Waals surface area contributed by atoms with E-state index >= 15 is 0 Å². The zero-order valence-electron chi connectivity index (χ0n) is 19.9. The molecule has 0 atom stereocenters. The van der Waals surface area contributed by atoms with Crippen LogP contribution in [0.4, 0.5) is 35.1 Å². The molecule has 0 saturated heterocycles. The lowest BCUT2D eigenvalue weighted by atomic mass is 9.80. The number of halogens is 8. The van der Waals surface area contributed by atoms with Gasteiger partial charge in [-0.25, -0.2) is 26.3 Å². The van der Waals surface area contributed by atoms with Crippen LogP contribution in [0.25, 0.3) is 11.1 Å². The van der Waals surface area contributed by atoms with Gasteiger partial charge in [-0.15, -0.1) is 0 Å². The minimum Gasteiger partial charge on any atom is -0.420 e. The number of carbonyl (C=O) groups is 1. The number of hydrogen-bond donors (Lipinski definition) is 0. The van der Waals surface area contributed by atoms with Gasteiger partial charge in [0.25, 0.3) is 0 Å². The van der Waals surface area contributed by atoms with Gasteiger partial charge in [-0.3, -0.25) is 4.79 Å². The zero-order chi connectivity index (χ0) is 26.7. The van der Waals surface area contributed by atoms with Crippen LogP contribution >= 0.6 is 0 Å². The lowest BCUT2D eigenvalue weighted by molar-refractivity contribution is -0.140. The summed E-state index contributed by atoms with van der Waals surface area (Å²) in [4.78, 5) is 12.4. The molecule has 198 valence electrons. The number of rotatable bonds is 8. The molecule has 0 heterocycles. The van der Waals surface area contributed by atoms with Crippen molar-refractivity contribution in [2.75, 3.05) is 0 Å². The first-order valence-electron chi connectivity index (χ1n) is 12.0. The third-order valence-corrected chi connectivity index (χ3v) is 6.69. The maximum atomic E-state index is 14.8. The summed E-state index contributed by atoms with van der Waals surface area (Å²) in [7, 11) is 0. The van der Waals surface area contributed by atoms with Crippen LogP contribution in [0.1, 0.15) is 70.8 Å². The van der Waals surface area contributed by atoms with E-state index in [-0.39, 0.29) is 6.42 Å². The molecule has 0 aliphatic heterocycles. The summed E-state index contributed by atoms with van der Waals surface area (Å²) in [6, 6.07) is 0. The maximum Gasteiger partial charge on any atom is 0.314 e. The molecule has 2 nitrogen and oxygen atoms in total. The van der Waals surface area contributed by atoms with Gasteiger partial charge in [-0.2, -0.15) is 8.78 Å². The van der Waals surface area contributed by atoms with E-state index in [1.807, 2.05) is 6.92 Å². The molecule has 2 aromatic carbocycles. The second kappa shape index (κ2) is 11.6. The highest BCUT2D eigenvalue weighted by atomic mass is 19.2. The first-order chi connectivity index (χ1) is 17.0. The molecule has 0 radical (unpaired) electrons. The van der Waals surface area contributed by atoms with Gasteiger partial charge in [-0.05, 0) is 44.4 Å². The average Bonchev–Trinajstić information content (AvgIpc) is 2.86. The number of ether oxygens (including phenoxy) is 1. The summed E-state index contributed by atoms with van der Waals surface area (Å²) in [5, 5.41) is 0. The Balaban J connectivity index is 1.99. The molecule has 0 bridgehead atoms. The predicted molar refractivity (Wildman–Crippen MR) is 116 cm³/mol. The largest absolute Gasteiger partial charge is 0.420 e. The summed E-state index contributed by atoms with van der Waals surface area (Å²) < 4.78 is 122. The topological polar surface area (TPSA) is 26.3 Å². The van der Waals surface area contributed by atoms with Crippen LogP contribution in [0.2, 0.25) is 0 Å². The van der Waals surface area contributed by atoms with Gasteiger partial charge in [-0.1, -0.05) is 33.1 Å². The van der Waals surface area contributed by atoms with Crippen LogP contribution in [-0.2, 0) is 11.2 Å². The van der Waals surface area contributed by atoms with Crippen LogP contribution in [-0.4, -0.2) is 5.97 Å². The van der Waals surface area contributed by atoms with Gasteiger partial charge in [0.2, 0.25) is 17.4 Å². The zero-order valence-corrected chi connectivity index (χ0v) is 19.9. The molecule has 1 aliphatic carbocycles. The van der Waals surface area contributed by atoms with E-state index in [4.69, 9.17) is 0 Å². The Morgan fingerprint density at radius 1 is 0.694 bits per heavy atom. The SMILES string of the molecule is CCCCc1c(F)c(F)c(-c2c(F)c(F)c(OC(=O)C3CCC(CCC)CC3)c(F)c2F)c(F)c1F. The highest BCUT2D eigenvalue weighted by Gasteiger charge is 2.36. The van der Waals surface area contributed by atoms with E-state index in [1.54, 1.807) is 6.92 Å². The smallest absolute Gasteiger partial charge is 0.314 e. The van der Waals surface area contributed by atoms with Crippen LogP contribution in [0.5, 0.6) is 5.75 Å². The van der Waals surface area contributed by atoms with Crippen LogP contribution in [0.15, 0.2) is 0 Å². The molecule has 0 spiro atoms. The van der Waals surface area contributed by atoms with Gasteiger partial charge in [0.15, 0.2) is 34.9 Å².